The summed E-state index contributed by atoms with van der Waals surface area (Å²) in [6, 6.07) is 13.8. The molecule has 10 heteroatoms. The summed E-state index contributed by atoms with van der Waals surface area (Å²) in [6.07, 6.45) is -1.02. The number of pyridine rings is 1. The fourth-order valence-corrected chi connectivity index (χ4v) is 3.42. The smallest absolute Gasteiger partial charge is 0.435 e. The van der Waals surface area contributed by atoms with Crippen LogP contribution in [-0.2, 0) is 16.0 Å². The van der Waals surface area contributed by atoms with Gasteiger partial charge in [0.1, 0.15) is 5.76 Å². The van der Waals surface area contributed by atoms with Crippen molar-refractivity contribution in [3.8, 4) is 28.4 Å². The number of benzene rings is 1. The van der Waals surface area contributed by atoms with Crippen LogP contribution in [0.3, 0.4) is 0 Å². The zero-order valence-corrected chi connectivity index (χ0v) is 16.3. The van der Waals surface area contributed by atoms with Gasteiger partial charge < -0.3 is 4.42 Å². The van der Waals surface area contributed by atoms with E-state index >= 15 is 0 Å². The molecule has 4 aromatic rings. The Morgan fingerprint density at radius 2 is 1.70 bits per heavy atom. The van der Waals surface area contributed by atoms with Crippen LogP contribution in [0.5, 0.6) is 0 Å². The maximum atomic E-state index is 13.3. The molecular weight excluding hydrogens is 419 g/mol. The lowest BCUT2D eigenvalue weighted by Gasteiger charge is -2.08. The summed E-state index contributed by atoms with van der Waals surface area (Å²) in [5, 5.41) is 3.65. The lowest BCUT2D eigenvalue weighted by Crippen LogP contribution is -2.08. The van der Waals surface area contributed by atoms with Crippen LogP contribution >= 0.6 is 0 Å². The SMILES string of the molecule is CS(=O)(=O)c1ccc(-n2nc(C(F)(F)F)cc2-c2ccc(-c3ccco3)cc2)nc1. The lowest BCUT2D eigenvalue weighted by atomic mass is 10.1. The van der Waals surface area contributed by atoms with Gasteiger partial charge in [0.2, 0.25) is 0 Å². The van der Waals surface area contributed by atoms with E-state index in [1.165, 1.54) is 18.4 Å². The number of halogens is 3. The third-order valence-corrected chi connectivity index (χ3v) is 5.45. The van der Waals surface area contributed by atoms with Gasteiger partial charge in [-0.3, -0.25) is 0 Å². The fourth-order valence-electron chi connectivity index (χ4n) is 2.87. The normalized spacial score (nSPS) is 12.3. The van der Waals surface area contributed by atoms with E-state index in [1.54, 1.807) is 36.4 Å². The van der Waals surface area contributed by atoms with Crippen molar-refractivity contribution in [3.05, 3.63) is 72.8 Å². The van der Waals surface area contributed by atoms with Crippen molar-refractivity contribution >= 4 is 9.84 Å². The first-order valence-electron chi connectivity index (χ1n) is 8.61. The second-order valence-electron chi connectivity index (χ2n) is 6.50. The van der Waals surface area contributed by atoms with E-state index in [1.807, 2.05) is 0 Å². The third-order valence-electron chi connectivity index (χ3n) is 4.35. The zero-order valence-electron chi connectivity index (χ0n) is 15.5. The van der Waals surface area contributed by atoms with Crippen LogP contribution in [0.4, 0.5) is 13.2 Å². The molecule has 0 radical (unpaired) electrons. The van der Waals surface area contributed by atoms with Gasteiger partial charge >= 0.3 is 6.18 Å². The second-order valence-corrected chi connectivity index (χ2v) is 8.52. The molecule has 0 unspecified atom stereocenters. The van der Waals surface area contributed by atoms with Crippen LogP contribution in [0.2, 0.25) is 0 Å². The van der Waals surface area contributed by atoms with E-state index in [2.05, 4.69) is 10.1 Å². The van der Waals surface area contributed by atoms with Gasteiger partial charge in [0.05, 0.1) is 16.9 Å². The summed E-state index contributed by atoms with van der Waals surface area (Å²) in [7, 11) is -3.49. The van der Waals surface area contributed by atoms with E-state index in [4.69, 9.17) is 4.42 Å². The van der Waals surface area contributed by atoms with Gasteiger partial charge in [0.25, 0.3) is 0 Å². The van der Waals surface area contributed by atoms with Crippen LogP contribution in [0.15, 0.2) is 76.4 Å². The van der Waals surface area contributed by atoms with Gasteiger partial charge in [0.15, 0.2) is 21.3 Å². The Hall–Kier alpha value is -3.40. The third kappa shape index (κ3) is 3.86. The first kappa shape index (κ1) is 19.9. The highest BCUT2D eigenvalue weighted by Gasteiger charge is 2.35. The van der Waals surface area contributed by atoms with Gasteiger partial charge in [-0.15, -0.1) is 0 Å². The van der Waals surface area contributed by atoms with Crippen molar-refractivity contribution < 1.29 is 26.0 Å². The van der Waals surface area contributed by atoms with Gasteiger partial charge in [-0.05, 0) is 30.3 Å². The van der Waals surface area contributed by atoms with Crippen molar-refractivity contribution in [1.29, 1.82) is 0 Å². The van der Waals surface area contributed by atoms with Gasteiger partial charge in [-0.25, -0.2) is 18.1 Å². The number of furan rings is 1. The highest BCUT2D eigenvalue weighted by molar-refractivity contribution is 7.90. The Morgan fingerprint density at radius 3 is 2.23 bits per heavy atom. The first-order valence-corrected chi connectivity index (χ1v) is 10.5. The lowest BCUT2D eigenvalue weighted by molar-refractivity contribution is -0.141. The predicted molar refractivity (Wildman–Crippen MR) is 103 cm³/mol. The van der Waals surface area contributed by atoms with Crippen molar-refractivity contribution in [2.75, 3.05) is 6.26 Å². The second kappa shape index (κ2) is 7.13. The number of alkyl halides is 3. The average molecular weight is 433 g/mol. The Bertz CT molecular complexity index is 1280. The largest absolute Gasteiger partial charge is 0.464 e. The van der Waals surface area contributed by atoms with E-state index in [0.29, 0.717) is 11.3 Å². The molecule has 0 bridgehead atoms. The van der Waals surface area contributed by atoms with Crippen LogP contribution in [0, 0.1) is 0 Å². The molecule has 0 aliphatic rings. The topological polar surface area (TPSA) is 78.0 Å². The highest BCUT2D eigenvalue weighted by Crippen LogP contribution is 2.33. The maximum absolute atomic E-state index is 13.3. The molecule has 0 aliphatic heterocycles. The summed E-state index contributed by atoms with van der Waals surface area (Å²) in [4.78, 5) is 3.95. The van der Waals surface area contributed by atoms with Crippen molar-refractivity contribution in [1.82, 2.24) is 14.8 Å². The molecule has 4 rings (SSSR count). The number of rotatable bonds is 4. The minimum atomic E-state index is -4.65. The van der Waals surface area contributed by atoms with Gasteiger partial charge in [-0.1, -0.05) is 24.3 Å². The molecule has 30 heavy (non-hydrogen) atoms. The highest BCUT2D eigenvalue weighted by atomic mass is 32.2. The Labute approximate surface area is 169 Å². The van der Waals surface area contributed by atoms with E-state index < -0.39 is 21.7 Å². The standard InChI is InChI=1S/C20H14F3N3O3S/c1-30(27,28)15-8-9-19(24-12-15)26-16(11-18(25-26)20(21,22)23)13-4-6-14(7-5-13)17-3-2-10-29-17/h2-12H,1H3. The van der Waals surface area contributed by atoms with Gasteiger partial charge in [-0.2, -0.15) is 18.3 Å². The van der Waals surface area contributed by atoms with Crippen LogP contribution in [0.1, 0.15) is 5.69 Å². The molecule has 154 valence electrons. The van der Waals surface area contributed by atoms with Crippen LogP contribution in [-0.4, -0.2) is 29.4 Å². The molecule has 6 nitrogen and oxygen atoms in total. The van der Waals surface area contributed by atoms with E-state index in [9.17, 15) is 21.6 Å². The Kier molecular flexibility index (Phi) is 4.73. The number of hydrogen-bond acceptors (Lipinski definition) is 5. The van der Waals surface area contributed by atoms with E-state index in [0.717, 1.165) is 28.8 Å². The molecule has 3 aromatic heterocycles. The molecule has 0 amide bonds. The molecule has 0 saturated carbocycles. The number of hydrogen-bond donors (Lipinski definition) is 0. The molecule has 0 aliphatic carbocycles. The first-order chi connectivity index (χ1) is 14.1. The Morgan fingerprint density at radius 1 is 1.00 bits per heavy atom. The minimum absolute atomic E-state index is 0.0428. The number of nitrogens with zero attached hydrogens (tertiary/aromatic N) is 3. The summed E-state index contributed by atoms with van der Waals surface area (Å²) in [6.45, 7) is 0. The number of aromatic nitrogens is 3. The van der Waals surface area contributed by atoms with E-state index in [-0.39, 0.29) is 16.4 Å². The maximum Gasteiger partial charge on any atom is 0.435 e. The number of sulfone groups is 1. The fraction of sp³-hybridized carbons (Fsp3) is 0.100. The van der Waals surface area contributed by atoms with Crippen LogP contribution in [0.25, 0.3) is 28.4 Å². The Balaban J connectivity index is 1.80. The van der Waals surface area contributed by atoms with Gasteiger partial charge in [0, 0.05) is 23.6 Å². The quantitative estimate of drug-likeness (QED) is 0.469. The molecule has 0 spiro atoms. The monoisotopic (exact) mass is 433 g/mol. The molecule has 0 atom stereocenters. The summed E-state index contributed by atoms with van der Waals surface area (Å²) in [5.74, 6) is 0.687. The summed E-state index contributed by atoms with van der Waals surface area (Å²) >= 11 is 0. The zero-order chi connectivity index (χ0) is 21.5. The molecular formula is C20H14F3N3O3S. The van der Waals surface area contributed by atoms with Crippen molar-refractivity contribution in [2.45, 2.75) is 11.1 Å². The summed E-state index contributed by atoms with van der Waals surface area (Å²) < 4.78 is 69.5. The predicted octanol–water partition coefficient (Wildman–Crippen LogP) is 4.62. The molecule has 0 saturated heterocycles. The van der Waals surface area contributed by atoms with Crippen LogP contribution < -0.4 is 0 Å². The molecule has 1 aromatic carbocycles. The summed E-state index contributed by atoms with van der Waals surface area (Å²) in [5.41, 5.74) is 0.318. The average Bonchev–Trinajstić information content (AvgIpc) is 3.37. The molecule has 0 fully saturated rings. The van der Waals surface area contributed by atoms with Crippen molar-refractivity contribution in [2.24, 2.45) is 0 Å². The molecule has 3 heterocycles. The van der Waals surface area contributed by atoms with Crippen molar-refractivity contribution in [3.63, 3.8) is 0 Å². The molecule has 0 N–H and O–H groups in total. The minimum Gasteiger partial charge on any atom is -0.464 e.